The predicted octanol–water partition coefficient (Wildman–Crippen LogP) is 4.37. The predicted molar refractivity (Wildman–Crippen MR) is 152 cm³/mol. The number of halogens is 2. The van der Waals surface area contributed by atoms with Gasteiger partial charge in [0, 0.05) is 11.9 Å². The maximum atomic E-state index is 13.3. The molecule has 38 heavy (non-hydrogen) atoms. The van der Waals surface area contributed by atoms with Gasteiger partial charge in [0.15, 0.2) is 5.75 Å². The quantitative estimate of drug-likeness (QED) is 0.256. The number of hydrogen-bond acceptors (Lipinski definition) is 6. The summed E-state index contributed by atoms with van der Waals surface area (Å²) in [4.78, 5) is 12.7. The molecule has 1 atom stereocenters. The lowest BCUT2D eigenvalue weighted by Gasteiger charge is -2.15. The molecule has 4 aromatic rings. The van der Waals surface area contributed by atoms with Crippen molar-refractivity contribution in [3.63, 3.8) is 0 Å². The molecule has 0 aliphatic carbocycles. The van der Waals surface area contributed by atoms with Gasteiger partial charge in [-0.25, -0.2) is 0 Å². The molecule has 4 rings (SSSR count). The first kappa shape index (κ1) is 29.4. The fourth-order valence-electron chi connectivity index (χ4n) is 4.19. The molecule has 1 unspecified atom stereocenters. The zero-order valence-corrected chi connectivity index (χ0v) is 23.2. The van der Waals surface area contributed by atoms with Gasteiger partial charge in [-0.15, -0.1) is 16.5 Å². The number of nitrogens with zero attached hydrogens (tertiary/aromatic N) is 2. The SMILES string of the molecule is COc1c(Cl)cc(CC(N)C(=O)NCCCCc2ccccc2)c2cnn(S(=O)(=O)c3ccccc3)c12.Cl. The highest BCUT2D eigenvalue weighted by atomic mass is 35.5. The third-order valence-electron chi connectivity index (χ3n) is 6.10. The van der Waals surface area contributed by atoms with Crippen LogP contribution >= 0.6 is 24.0 Å². The van der Waals surface area contributed by atoms with E-state index in [1.165, 1.54) is 31.0 Å². The van der Waals surface area contributed by atoms with Gasteiger partial charge in [0.2, 0.25) is 5.91 Å². The van der Waals surface area contributed by atoms with Crippen molar-refractivity contribution in [3.05, 3.63) is 89.1 Å². The van der Waals surface area contributed by atoms with Crippen molar-refractivity contribution in [1.82, 2.24) is 14.5 Å². The molecule has 11 heteroatoms. The first-order chi connectivity index (χ1) is 17.8. The minimum atomic E-state index is -4.01. The summed E-state index contributed by atoms with van der Waals surface area (Å²) in [7, 11) is -2.61. The van der Waals surface area contributed by atoms with Crippen molar-refractivity contribution in [2.45, 2.75) is 36.6 Å². The van der Waals surface area contributed by atoms with Gasteiger partial charge in [-0.1, -0.05) is 60.1 Å². The lowest BCUT2D eigenvalue weighted by atomic mass is 10.0. The third kappa shape index (κ3) is 6.47. The van der Waals surface area contributed by atoms with Crippen LogP contribution in [0.2, 0.25) is 5.02 Å². The molecule has 202 valence electrons. The normalized spacial score (nSPS) is 12.1. The Kier molecular flexibility index (Phi) is 10.2. The second-order valence-corrected chi connectivity index (χ2v) is 10.8. The van der Waals surface area contributed by atoms with Crippen LogP contribution in [0.15, 0.2) is 77.8 Å². The number of nitrogens with one attached hydrogen (secondary N) is 1. The van der Waals surface area contributed by atoms with E-state index in [1.54, 1.807) is 24.3 Å². The van der Waals surface area contributed by atoms with E-state index in [1.807, 2.05) is 18.2 Å². The highest BCUT2D eigenvalue weighted by molar-refractivity contribution is 7.90. The molecular formula is C27H30Cl2N4O4S. The van der Waals surface area contributed by atoms with Crippen molar-refractivity contribution in [1.29, 1.82) is 0 Å². The topological polar surface area (TPSA) is 116 Å². The maximum absolute atomic E-state index is 13.3. The summed E-state index contributed by atoms with van der Waals surface area (Å²) in [6.45, 7) is 0.519. The third-order valence-corrected chi connectivity index (χ3v) is 7.98. The first-order valence-corrected chi connectivity index (χ1v) is 13.8. The Balaban J connectivity index is 0.00000400. The number of aryl methyl sites for hydroxylation is 1. The molecule has 1 amide bonds. The summed E-state index contributed by atoms with van der Waals surface area (Å²) < 4.78 is 33.0. The van der Waals surface area contributed by atoms with Crippen LogP contribution in [0.1, 0.15) is 24.0 Å². The van der Waals surface area contributed by atoms with E-state index in [0.29, 0.717) is 17.5 Å². The maximum Gasteiger partial charge on any atom is 0.283 e. The monoisotopic (exact) mass is 576 g/mol. The zero-order valence-electron chi connectivity index (χ0n) is 20.8. The molecular weight excluding hydrogens is 547 g/mol. The fraction of sp³-hybridized carbons (Fsp3) is 0.259. The smallest absolute Gasteiger partial charge is 0.283 e. The number of ether oxygens (including phenoxy) is 1. The standard InChI is InChI=1S/C27H29ClN4O4S.ClH/c1-36-26-23(28)16-20(17-24(29)27(33)30-15-9-8-12-19-10-4-2-5-11-19)22-18-31-32(25(22)26)37(34,35)21-13-6-3-7-14-21;/h2-7,10-11,13-14,16,18,24H,8-9,12,15,17,29H2,1H3,(H,30,33);1H. The van der Waals surface area contributed by atoms with Crippen molar-refractivity contribution in [2.24, 2.45) is 5.73 Å². The molecule has 0 spiro atoms. The Morgan fingerprint density at radius 2 is 1.76 bits per heavy atom. The van der Waals surface area contributed by atoms with Gasteiger partial charge in [-0.3, -0.25) is 4.79 Å². The van der Waals surface area contributed by atoms with Crippen LogP contribution in [0.25, 0.3) is 10.9 Å². The highest BCUT2D eigenvalue weighted by Gasteiger charge is 2.26. The zero-order chi connectivity index (χ0) is 26.4. The molecule has 1 heterocycles. The second kappa shape index (κ2) is 13.1. The summed E-state index contributed by atoms with van der Waals surface area (Å²) in [5.74, 6) is -0.113. The van der Waals surface area contributed by atoms with Crippen LogP contribution in [0.4, 0.5) is 0 Å². The van der Waals surface area contributed by atoms with E-state index in [0.717, 1.165) is 23.3 Å². The molecule has 0 bridgehead atoms. The Morgan fingerprint density at radius 3 is 2.42 bits per heavy atom. The Bertz CT molecular complexity index is 1480. The summed E-state index contributed by atoms with van der Waals surface area (Å²) in [5.41, 5.74) is 8.28. The molecule has 0 saturated carbocycles. The number of benzene rings is 3. The lowest BCUT2D eigenvalue weighted by Crippen LogP contribution is -2.42. The van der Waals surface area contributed by atoms with Gasteiger partial charge < -0.3 is 15.8 Å². The number of methoxy groups -OCH3 is 1. The molecule has 0 aliphatic rings. The van der Waals surface area contributed by atoms with Crippen molar-refractivity contribution in [3.8, 4) is 5.75 Å². The lowest BCUT2D eigenvalue weighted by molar-refractivity contribution is -0.122. The van der Waals surface area contributed by atoms with Gasteiger partial charge in [0.1, 0.15) is 5.52 Å². The largest absolute Gasteiger partial charge is 0.493 e. The minimum Gasteiger partial charge on any atom is -0.493 e. The van der Waals surface area contributed by atoms with E-state index in [-0.39, 0.29) is 45.9 Å². The number of carbonyl (C=O) groups is 1. The summed E-state index contributed by atoms with van der Waals surface area (Å²) in [5, 5.41) is 7.73. The van der Waals surface area contributed by atoms with Crippen molar-refractivity contribution in [2.75, 3.05) is 13.7 Å². The van der Waals surface area contributed by atoms with Crippen LogP contribution in [-0.2, 0) is 27.7 Å². The Hall–Kier alpha value is -3.11. The van der Waals surface area contributed by atoms with E-state index in [9.17, 15) is 13.2 Å². The molecule has 0 saturated heterocycles. The highest BCUT2D eigenvalue weighted by Crippen LogP contribution is 2.37. The van der Waals surface area contributed by atoms with Crippen LogP contribution in [0.3, 0.4) is 0 Å². The number of amides is 1. The number of hydrogen-bond donors (Lipinski definition) is 2. The minimum absolute atomic E-state index is 0. The molecule has 8 nitrogen and oxygen atoms in total. The van der Waals surface area contributed by atoms with Crippen molar-refractivity contribution < 1.29 is 17.9 Å². The van der Waals surface area contributed by atoms with E-state index < -0.39 is 16.1 Å². The fourth-order valence-corrected chi connectivity index (χ4v) is 5.79. The van der Waals surface area contributed by atoms with Crippen LogP contribution in [0, 0.1) is 0 Å². The molecule has 3 aromatic carbocycles. The summed E-state index contributed by atoms with van der Waals surface area (Å²) in [6.07, 6.45) is 4.30. The number of fused-ring (bicyclic) bond motifs is 1. The molecule has 1 aromatic heterocycles. The number of aromatic nitrogens is 2. The van der Waals surface area contributed by atoms with Gasteiger partial charge in [-0.05, 0) is 55.0 Å². The van der Waals surface area contributed by atoms with Crippen LogP contribution in [0.5, 0.6) is 5.75 Å². The van der Waals surface area contributed by atoms with Gasteiger partial charge in [0.25, 0.3) is 10.0 Å². The average Bonchev–Trinajstić information content (AvgIpc) is 3.36. The average molecular weight is 578 g/mol. The van der Waals surface area contributed by atoms with Gasteiger partial charge in [-0.2, -0.15) is 13.5 Å². The van der Waals surface area contributed by atoms with Gasteiger partial charge in [0.05, 0.1) is 29.3 Å². The summed E-state index contributed by atoms with van der Waals surface area (Å²) in [6, 6.07) is 18.9. The van der Waals surface area contributed by atoms with Gasteiger partial charge >= 0.3 is 0 Å². The Labute approximate surface area is 233 Å². The number of carbonyl (C=O) groups excluding carboxylic acids is 1. The number of rotatable bonds is 11. The molecule has 0 radical (unpaired) electrons. The van der Waals surface area contributed by atoms with E-state index in [2.05, 4.69) is 22.5 Å². The number of unbranched alkanes of at least 4 members (excludes halogenated alkanes) is 1. The number of nitrogens with two attached hydrogens (primary N) is 1. The molecule has 3 N–H and O–H groups in total. The molecule has 0 fully saturated rings. The summed E-state index contributed by atoms with van der Waals surface area (Å²) >= 11 is 6.46. The second-order valence-electron chi connectivity index (χ2n) is 8.66. The van der Waals surface area contributed by atoms with Crippen LogP contribution in [-0.4, -0.2) is 43.2 Å². The van der Waals surface area contributed by atoms with Crippen LogP contribution < -0.4 is 15.8 Å². The Morgan fingerprint density at radius 1 is 1.11 bits per heavy atom. The van der Waals surface area contributed by atoms with E-state index in [4.69, 9.17) is 22.1 Å². The molecule has 0 aliphatic heterocycles. The first-order valence-electron chi connectivity index (χ1n) is 11.9. The van der Waals surface area contributed by atoms with Crippen molar-refractivity contribution >= 4 is 50.8 Å². The van der Waals surface area contributed by atoms with E-state index >= 15 is 0 Å².